The molecule has 0 aliphatic carbocycles. The van der Waals surface area contributed by atoms with E-state index in [2.05, 4.69) is 20.2 Å². The maximum Gasteiger partial charge on any atom is 0.417 e. The molecule has 1 aliphatic rings. The first-order valence-corrected chi connectivity index (χ1v) is 10.1. The lowest BCUT2D eigenvalue weighted by atomic mass is 10.2. The molecule has 4 aromatic rings. The molecule has 0 spiro atoms. The largest absolute Gasteiger partial charge is 0.479 e. The fraction of sp³-hybridized carbons (Fsp3) is 0.136. The first-order valence-electron chi connectivity index (χ1n) is 10.1. The highest BCUT2D eigenvalue weighted by Crippen LogP contribution is 2.34. The van der Waals surface area contributed by atoms with E-state index in [0.29, 0.717) is 34.6 Å². The van der Waals surface area contributed by atoms with Crippen LogP contribution in [0.25, 0.3) is 11.0 Å². The van der Waals surface area contributed by atoms with Crippen molar-refractivity contribution in [3.05, 3.63) is 60.6 Å². The number of fused-ring (bicyclic) bond motifs is 1. The van der Waals surface area contributed by atoms with Gasteiger partial charge in [0.05, 0.1) is 41.8 Å². The molecule has 0 saturated carbocycles. The molecule has 1 aromatic carbocycles. The van der Waals surface area contributed by atoms with Gasteiger partial charge >= 0.3 is 12.2 Å². The van der Waals surface area contributed by atoms with E-state index in [0.717, 1.165) is 22.1 Å². The van der Waals surface area contributed by atoms with Gasteiger partial charge in [-0.25, -0.2) is 14.7 Å². The predicted molar refractivity (Wildman–Crippen MR) is 116 cm³/mol. The van der Waals surface area contributed by atoms with E-state index in [1.54, 1.807) is 18.2 Å². The lowest BCUT2D eigenvalue weighted by Gasteiger charge is -2.18. The molecule has 5 rings (SSSR count). The van der Waals surface area contributed by atoms with Gasteiger partial charge < -0.3 is 9.47 Å². The third kappa shape index (κ3) is 4.07. The van der Waals surface area contributed by atoms with Crippen molar-refractivity contribution in [1.29, 1.82) is 0 Å². The van der Waals surface area contributed by atoms with Crippen LogP contribution >= 0.6 is 0 Å². The number of urea groups is 1. The number of pyridine rings is 2. The Kier molecular flexibility index (Phi) is 5.23. The van der Waals surface area contributed by atoms with Gasteiger partial charge in [-0.05, 0) is 36.4 Å². The number of alkyl halides is 3. The first-order chi connectivity index (χ1) is 16.7. The zero-order chi connectivity index (χ0) is 24.7. The third-order valence-corrected chi connectivity index (χ3v) is 5.21. The molecule has 1 N–H and O–H groups in total. The molecular formula is C22H15F3N6O4. The van der Waals surface area contributed by atoms with E-state index in [4.69, 9.17) is 9.47 Å². The number of aromatic amines is 1. The first kappa shape index (κ1) is 22.1. The number of amides is 3. The van der Waals surface area contributed by atoms with Crippen LogP contribution in [0.1, 0.15) is 5.56 Å². The molecule has 178 valence electrons. The number of anilines is 2. The molecule has 3 aromatic heterocycles. The van der Waals surface area contributed by atoms with Crippen molar-refractivity contribution >= 4 is 34.3 Å². The lowest BCUT2D eigenvalue weighted by Crippen LogP contribution is -2.33. The monoisotopic (exact) mass is 484 g/mol. The van der Waals surface area contributed by atoms with Crippen LogP contribution in [0.15, 0.2) is 55.0 Å². The fourth-order valence-corrected chi connectivity index (χ4v) is 3.56. The highest BCUT2D eigenvalue weighted by atomic mass is 19.4. The Morgan fingerprint density at radius 2 is 1.77 bits per heavy atom. The second kappa shape index (κ2) is 8.27. The number of hydrogen-bond acceptors (Lipinski definition) is 7. The molecule has 1 saturated heterocycles. The third-order valence-electron chi connectivity index (χ3n) is 5.21. The highest BCUT2D eigenvalue weighted by molar-refractivity contribution is 6.26. The van der Waals surface area contributed by atoms with Crippen LogP contribution < -0.4 is 19.3 Å². The van der Waals surface area contributed by atoms with Crippen LogP contribution in [0.2, 0.25) is 0 Å². The minimum Gasteiger partial charge on any atom is -0.479 e. The van der Waals surface area contributed by atoms with Crippen LogP contribution in [0.3, 0.4) is 0 Å². The topological polar surface area (TPSA) is 114 Å². The van der Waals surface area contributed by atoms with Gasteiger partial charge in [0.15, 0.2) is 5.65 Å². The molecule has 0 radical (unpaired) electrons. The Morgan fingerprint density at radius 3 is 2.49 bits per heavy atom. The molecular weight excluding hydrogens is 469 g/mol. The van der Waals surface area contributed by atoms with Crippen LogP contribution in [-0.4, -0.2) is 45.8 Å². The van der Waals surface area contributed by atoms with E-state index in [1.165, 1.54) is 25.4 Å². The predicted octanol–water partition coefficient (Wildman–Crippen LogP) is 4.15. The summed E-state index contributed by atoms with van der Waals surface area (Å²) in [4.78, 5) is 35.0. The Morgan fingerprint density at radius 1 is 1.00 bits per heavy atom. The summed E-state index contributed by atoms with van der Waals surface area (Å²) < 4.78 is 50.0. The number of ether oxygens (including phenoxy) is 2. The van der Waals surface area contributed by atoms with Gasteiger partial charge in [0.25, 0.3) is 5.91 Å². The van der Waals surface area contributed by atoms with Gasteiger partial charge in [0, 0.05) is 6.20 Å². The maximum atomic E-state index is 13.0. The molecule has 0 unspecified atom stereocenters. The van der Waals surface area contributed by atoms with Crippen molar-refractivity contribution in [2.45, 2.75) is 6.18 Å². The Balaban J connectivity index is 1.35. The average molecular weight is 484 g/mol. The van der Waals surface area contributed by atoms with E-state index in [1.807, 2.05) is 0 Å². The normalized spacial score (nSPS) is 14.2. The lowest BCUT2D eigenvalue weighted by molar-refractivity contribution is -0.137. The van der Waals surface area contributed by atoms with Gasteiger partial charge in [0.2, 0.25) is 5.88 Å². The van der Waals surface area contributed by atoms with E-state index >= 15 is 0 Å². The molecule has 0 atom stereocenters. The Hall–Kier alpha value is -4.68. The number of hydrogen-bond donors (Lipinski definition) is 1. The quantitative estimate of drug-likeness (QED) is 0.424. The van der Waals surface area contributed by atoms with Crippen molar-refractivity contribution in [2.75, 3.05) is 23.5 Å². The molecule has 35 heavy (non-hydrogen) atoms. The number of aromatic nitrogens is 4. The van der Waals surface area contributed by atoms with Crippen molar-refractivity contribution < 1.29 is 32.2 Å². The van der Waals surface area contributed by atoms with Crippen molar-refractivity contribution in [1.82, 2.24) is 20.2 Å². The minimum absolute atomic E-state index is 0.127. The van der Waals surface area contributed by atoms with Gasteiger partial charge in [-0.1, -0.05) is 0 Å². The number of methoxy groups -OCH3 is 1. The fourth-order valence-electron chi connectivity index (χ4n) is 3.56. The van der Waals surface area contributed by atoms with Crippen LogP contribution in [0, 0.1) is 0 Å². The molecule has 1 fully saturated rings. The average Bonchev–Trinajstić information content (AvgIpc) is 3.38. The van der Waals surface area contributed by atoms with Crippen molar-refractivity contribution in [3.8, 4) is 17.4 Å². The summed E-state index contributed by atoms with van der Waals surface area (Å²) in [6, 6.07) is 7.74. The summed E-state index contributed by atoms with van der Waals surface area (Å²) >= 11 is 0. The number of carbonyl (C=O) groups is 2. The second-order valence-corrected chi connectivity index (χ2v) is 7.42. The zero-order valence-corrected chi connectivity index (χ0v) is 17.9. The van der Waals surface area contributed by atoms with Gasteiger partial charge in [-0.2, -0.15) is 13.2 Å². The van der Waals surface area contributed by atoms with Crippen LogP contribution in [0.4, 0.5) is 29.3 Å². The molecule has 3 amide bonds. The SMILES string of the molecule is COc1n[nH]c2ncc(Oc3ccc(N4C(=O)CN(c5cncc(C(F)(F)F)c5)C4=O)cc3)cc12. The van der Waals surface area contributed by atoms with Gasteiger partial charge in [-0.3, -0.25) is 19.8 Å². The van der Waals surface area contributed by atoms with Crippen LogP contribution in [0.5, 0.6) is 17.4 Å². The highest BCUT2D eigenvalue weighted by Gasteiger charge is 2.39. The van der Waals surface area contributed by atoms with Crippen molar-refractivity contribution in [3.63, 3.8) is 0 Å². The molecule has 13 heteroatoms. The number of nitrogens with zero attached hydrogens (tertiary/aromatic N) is 5. The number of halogens is 3. The summed E-state index contributed by atoms with van der Waals surface area (Å²) in [5.41, 5.74) is -0.384. The smallest absolute Gasteiger partial charge is 0.417 e. The Bertz CT molecular complexity index is 1440. The number of nitrogens with one attached hydrogen (secondary N) is 1. The second-order valence-electron chi connectivity index (χ2n) is 7.42. The summed E-state index contributed by atoms with van der Waals surface area (Å²) in [6.07, 6.45) is -1.39. The number of H-pyrrole nitrogens is 1. The molecule has 10 nitrogen and oxygen atoms in total. The zero-order valence-electron chi connectivity index (χ0n) is 17.9. The standard InChI is InChI=1S/C22H15F3N6O4/c1-34-20-17-7-16(10-27-19(17)28-29-20)35-15-4-2-13(3-5-15)31-18(32)11-30(21(31)33)14-6-12(8-26-9-14)22(23,24)25/h2-10H,11H2,1H3,(H,27,28,29). The number of imide groups is 1. The van der Waals surface area contributed by atoms with E-state index in [9.17, 15) is 22.8 Å². The molecule has 4 heterocycles. The van der Waals surface area contributed by atoms with E-state index < -0.39 is 30.2 Å². The summed E-state index contributed by atoms with van der Waals surface area (Å²) in [5, 5.41) is 7.33. The molecule has 1 aliphatic heterocycles. The number of rotatable bonds is 5. The summed E-state index contributed by atoms with van der Waals surface area (Å²) in [7, 11) is 1.48. The number of carbonyl (C=O) groups excluding carboxylic acids is 2. The van der Waals surface area contributed by atoms with Gasteiger partial charge in [0.1, 0.15) is 18.0 Å². The van der Waals surface area contributed by atoms with Gasteiger partial charge in [-0.15, -0.1) is 5.10 Å². The maximum absolute atomic E-state index is 13.0. The van der Waals surface area contributed by atoms with Crippen molar-refractivity contribution in [2.24, 2.45) is 0 Å². The van der Waals surface area contributed by atoms with E-state index in [-0.39, 0.29) is 11.4 Å². The number of benzene rings is 1. The molecule has 0 bridgehead atoms. The minimum atomic E-state index is -4.63. The summed E-state index contributed by atoms with van der Waals surface area (Å²) in [6.45, 7) is -0.418. The van der Waals surface area contributed by atoms with Crippen LogP contribution in [-0.2, 0) is 11.0 Å². The Labute approximate surface area is 194 Å². The summed E-state index contributed by atoms with van der Waals surface area (Å²) in [5.74, 6) is 0.569.